The summed E-state index contributed by atoms with van der Waals surface area (Å²) in [4.78, 5) is 30.3. The van der Waals surface area contributed by atoms with Crippen molar-refractivity contribution in [2.24, 2.45) is 0 Å². The number of hydrogen-bond donors (Lipinski definition) is 1. The molecule has 0 aliphatic carbocycles. The number of carbonyl (C=O) groups is 1. The Morgan fingerprint density at radius 2 is 1.56 bits per heavy atom. The number of fused-ring (bicyclic) bond motifs is 2. The Hall–Kier alpha value is -4.65. The Balaban J connectivity index is 1.54. The smallest absolute Gasteiger partial charge is 0.347 e. The third-order valence-corrected chi connectivity index (χ3v) is 5.55. The number of aromatic nitrogens is 1. The molecule has 7 heteroatoms. The number of rotatable bonds is 5. The van der Waals surface area contributed by atoms with Crippen LogP contribution in [0.2, 0.25) is 0 Å². The van der Waals surface area contributed by atoms with Crippen LogP contribution in [0.3, 0.4) is 0 Å². The van der Waals surface area contributed by atoms with Crippen LogP contribution in [0.5, 0.6) is 11.5 Å². The molecule has 4 aromatic carbocycles. The lowest BCUT2D eigenvalue weighted by molar-refractivity contribution is 0.102. The summed E-state index contributed by atoms with van der Waals surface area (Å²) in [6.45, 7) is 0. The third-order valence-electron chi connectivity index (χ3n) is 5.55. The number of ether oxygens (including phenoxy) is 2. The zero-order valence-corrected chi connectivity index (χ0v) is 18.5. The molecule has 0 bridgehead atoms. The average Bonchev–Trinajstić information content (AvgIpc) is 2.87. The minimum atomic E-state index is -0.573. The Morgan fingerprint density at radius 1 is 0.853 bits per heavy atom. The van der Waals surface area contributed by atoms with Crippen molar-refractivity contribution in [3.8, 4) is 23.0 Å². The summed E-state index contributed by atoms with van der Waals surface area (Å²) >= 11 is 0. The predicted molar refractivity (Wildman–Crippen MR) is 131 cm³/mol. The van der Waals surface area contributed by atoms with Gasteiger partial charge in [-0.3, -0.25) is 4.79 Å². The number of carbonyl (C=O) groups excluding carboxylic acids is 1. The van der Waals surface area contributed by atoms with Gasteiger partial charge in [-0.25, -0.2) is 9.78 Å². The third kappa shape index (κ3) is 3.84. The van der Waals surface area contributed by atoms with Gasteiger partial charge in [0.2, 0.25) is 5.89 Å². The Labute approximate surface area is 194 Å². The molecule has 1 amide bonds. The van der Waals surface area contributed by atoms with Gasteiger partial charge in [-0.15, -0.1) is 0 Å². The maximum atomic E-state index is 13.0. The number of para-hydroxylation sites is 1. The summed E-state index contributed by atoms with van der Waals surface area (Å²) in [5.74, 6) is 0.642. The SMILES string of the molecule is COc1cc2nc(-c3ccccc3NC(=O)c3ccc4ccccc4c3)oc(=O)c2cc1OC. The number of nitrogens with one attached hydrogen (secondary N) is 1. The molecule has 168 valence electrons. The van der Waals surface area contributed by atoms with E-state index in [2.05, 4.69) is 10.3 Å². The summed E-state index contributed by atoms with van der Waals surface area (Å²) in [5.41, 5.74) is 1.27. The standard InChI is InChI=1S/C27H20N2O5/c1-32-23-14-20-22(15-24(23)33-2)29-26(34-27(20)31)19-9-5-6-10-21(19)28-25(30)18-12-11-16-7-3-4-8-17(16)13-18/h3-15H,1-2H3,(H,28,30). The van der Waals surface area contributed by atoms with Gasteiger partial charge >= 0.3 is 5.63 Å². The van der Waals surface area contributed by atoms with Gasteiger partial charge in [0.1, 0.15) is 0 Å². The monoisotopic (exact) mass is 452 g/mol. The molecule has 0 saturated carbocycles. The highest BCUT2D eigenvalue weighted by Gasteiger charge is 2.17. The largest absolute Gasteiger partial charge is 0.493 e. The van der Waals surface area contributed by atoms with E-state index in [0.717, 1.165) is 10.8 Å². The normalized spacial score (nSPS) is 10.9. The van der Waals surface area contributed by atoms with Crippen molar-refractivity contribution in [1.82, 2.24) is 4.98 Å². The van der Waals surface area contributed by atoms with E-state index in [1.165, 1.54) is 20.3 Å². The van der Waals surface area contributed by atoms with E-state index in [9.17, 15) is 9.59 Å². The first-order chi connectivity index (χ1) is 16.6. The molecule has 0 unspecified atom stereocenters. The Bertz CT molecular complexity index is 1610. The van der Waals surface area contributed by atoms with Gasteiger partial charge in [-0.05, 0) is 35.0 Å². The fourth-order valence-corrected chi connectivity index (χ4v) is 3.82. The first-order valence-corrected chi connectivity index (χ1v) is 10.5. The van der Waals surface area contributed by atoms with E-state index in [1.54, 1.807) is 36.4 Å². The number of hydrogen-bond acceptors (Lipinski definition) is 6. The van der Waals surface area contributed by atoms with E-state index >= 15 is 0 Å². The van der Waals surface area contributed by atoms with Crippen LogP contribution < -0.4 is 20.4 Å². The van der Waals surface area contributed by atoms with Crippen LogP contribution in [0.25, 0.3) is 33.1 Å². The molecule has 0 atom stereocenters. The van der Waals surface area contributed by atoms with Crippen molar-refractivity contribution in [2.45, 2.75) is 0 Å². The topological polar surface area (TPSA) is 90.7 Å². The summed E-state index contributed by atoms with van der Waals surface area (Å²) in [7, 11) is 3.00. The molecule has 7 nitrogen and oxygen atoms in total. The Morgan fingerprint density at radius 3 is 2.35 bits per heavy atom. The van der Waals surface area contributed by atoms with Crippen molar-refractivity contribution in [3.05, 3.63) is 94.8 Å². The maximum absolute atomic E-state index is 13.0. The van der Waals surface area contributed by atoms with Crippen LogP contribution in [0.1, 0.15) is 10.4 Å². The zero-order valence-electron chi connectivity index (χ0n) is 18.5. The highest BCUT2D eigenvalue weighted by Crippen LogP contribution is 2.32. The van der Waals surface area contributed by atoms with Gasteiger partial charge in [0.15, 0.2) is 11.5 Å². The molecule has 0 fully saturated rings. The van der Waals surface area contributed by atoms with Gasteiger partial charge < -0.3 is 19.2 Å². The van der Waals surface area contributed by atoms with E-state index in [1.807, 2.05) is 36.4 Å². The molecule has 5 rings (SSSR count). The molecule has 0 aliphatic rings. The molecule has 1 aromatic heterocycles. The first-order valence-electron chi connectivity index (χ1n) is 10.5. The molecule has 34 heavy (non-hydrogen) atoms. The van der Waals surface area contributed by atoms with Crippen LogP contribution in [0.15, 0.2) is 88.1 Å². The summed E-state index contributed by atoms with van der Waals surface area (Å²) < 4.78 is 16.1. The fourth-order valence-electron chi connectivity index (χ4n) is 3.82. The minimum Gasteiger partial charge on any atom is -0.493 e. The molecular weight excluding hydrogens is 432 g/mol. The quantitative estimate of drug-likeness (QED) is 0.390. The van der Waals surface area contributed by atoms with Crippen molar-refractivity contribution >= 4 is 33.3 Å². The van der Waals surface area contributed by atoms with Gasteiger partial charge in [0.25, 0.3) is 5.91 Å². The molecule has 5 aromatic rings. The van der Waals surface area contributed by atoms with Gasteiger partial charge in [-0.2, -0.15) is 0 Å². The molecule has 0 radical (unpaired) electrons. The number of anilines is 1. The van der Waals surface area contributed by atoms with Crippen molar-refractivity contribution < 1.29 is 18.7 Å². The molecule has 0 aliphatic heterocycles. The summed E-state index contributed by atoms with van der Waals surface area (Å²) in [6.07, 6.45) is 0. The molecule has 1 N–H and O–H groups in total. The average molecular weight is 452 g/mol. The fraction of sp³-hybridized carbons (Fsp3) is 0.0741. The van der Waals surface area contributed by atoms with Crippen LogP contribution in [-0.4, -0.2) is 25.1 Å². The lowest BCUT2D eigenvalue weighted by Gasteiger charge is -2.12. The van der Waals surface area contributed by atoms with E-state index in [-0.39, 0.29) is 17.2 Å². The predicted octanol–water partition coefficient (Wildman–Crippen LogP) is 5.28. The van der Waals surface area contributed by atoms with Gasteiger partial charge in [0.05, 0.1) is 36.4 Å². The highest BCUT2D eigenvalue weighted by molar-refractivity contribution is 6.08. The van der Waals surface area contributed by atoms with Crippen molar-refractivity contribution in [1.29, 1.82) is 0 Å². The number of amides is 1. The number of methoxy groups -OCH3 is 2. The molecule has 1 heterocycles. The maximum Gasteiger partial charge on any atom is 0.347 e. The van der Waals surface area contributed by atoms with Crippen molar-refractivity contribution in [3.63, 3.8) is 0 Å². The van der Waals surface area contributed by atoms with Gasteiger partial charge in [0, 0.05) is 17.7 Å². The van der Waals surface area contributed by atoms with E-state index in [4.69, 9.17) is 13.9 Å². The highest BCUT2D eigenvalue weighted by atomic mass is 16.5. The summed E-state index contributed by atoms with van der Waals surface area (Å²) in [5, 5.41) is 5.19. The van der Waals surface area contributed by atoms with Crippen LogP contribution >= 0.6 is 0 Å². The second-order valence-corrected chi connectivity index (χ2v) is 7.59. The van der Waals surface area contributed by atoms with E-state index in [0.29, 0.717) is 33.8 Å². The number of benzene rings is 4. The summed E-state index contributed by atoms with van der Waals surface area (Å²) in [6, 6.07) is 23.5. The second-order valence-electron chi connectivity index (χ2n) is 7.59. The van der Waals surface area contributed by atoms with Crippen LogP contribution in [0.4, 0.5) is 5.69 Å². The molecule has 0 spiro atoms. The lowest BCUT2D eigenvalue weighted by atomic mass is 10.1. The first kappa shape index (κ1) is 21.2. The zero-order chi connectivity index (χ0) is 23.7. The van der Waals surface area contributed by atoms with Crippen LogP contribution in [-0.2, 0) is 0 Å². The van der Waals surface area contributed by atoms with Crippen LogP contribution in [0, 0.1) is 0 Å². The molecular formula is C27H20N2O5. The van der Waals surface area contributed by atoms with Crippen molar-refractivity contribution in [2.75, 3.05) is 19.5 Å². The second kappa shape index (κ2) is 8.71. The Kier molecular flexibility index (Phi) is 5.43. The van der Waals surface area contributed by atoms with Gasteiger partial charge in [-0.1, -0.05) is 42.5 Å². The minimum absolute atomic E-state index is 0.0825. The molecule has 0 saturated heterocycles. The number of nitrogens with zero attached hydrogens (tertiary/aromatic N) is 1. The lowest BCUT2D eigenvalue weighted by Crippen LogP contribution is -2.13. The van der Waals surface area contributed by atoms with E-state index < -0.39 is 5.63 Å².